The Hall–Kier alpha value is -0.840. The Balaban J connectivity index is 2.18. The molecule has 1 aliphatic rings. The molecule has 0 fully saturated rings. The average Bonchev–Trinajstić information content (AvgIpc) is 2.75. The van der Waals surface area contributed by atoms with Gasteiger partial charge in [0.05, 0.1) is 30.1 Å². The van der Waals surface area contributed by atoms with E-state index in [2.05, 4.69) is 25.0 Å². The van der Waals surface area contributed by atoms with Crippen LogP contribution in [0.4, 0.5) is 0 Å². The van der Waals surface area contributed by atoms with Gasteiger partial charge in [0.25, 0.3) is 0 Å². The van der Waals surface area contributed by atoms with Crippen LogP contribution in [0.15, 0.2) is 17.8 Å². The van der Waals surface area contributed by atoms with Gasteiger partial charge in [-0.3, -0.25) is 4.68 Å². The van der Waals surface area contributed by atoms with Crippen LogP contribution in [0.1, 0.15) is 38.5 Å². The first kappa shape index (κ1) is 15.5. The zero-order chi connectivity index (χ0) is 14.7. The van der Waals surface area contributed by atoms with Crippen molar-refractivity contribution in [3.63, 3.8) is 0 Å². The maximum absolute atomic E-state index is 10.7. The number of allylic oxidation sites excluding steroid dienone is 2. The normalized spacial score (nSPS) is 24.6. The number of methoxy groups -OCH3 is 1. The fraction of sp³-hybridized carbons (Fsp3) is 0.667. The van der Waals surface area contributed by atoms with Crippen LogP contribution in [0.5, 0.6) is 0 Å². The highest BCUT2D eigenvalue weighted by Gasteiger charge is 2.29. The van der Waals surface area contributed by atoms with Gasteiger partial charge in [-0.1, -0.05) is 30.2 Å². The summed E-state index contributed by atoms with van der Waals surface area (Å²) in [6.07, 6.45) is 5.20. The third kappa shape index (κ3) is 3.43. The molecule has 3 atom stereocenters. The van der Waals surface area contributed by atoms with E-state index in [0.717, 1.165) is 18.5 Å². The lowest BCUT2D eigenvalue weighted by Gasteiger charge is -2.30. The zero-order valence-electron chi connectivity index (χ0n) is 12.3. The number of ether oxygens (including phenoxy) is 1. The van der Waals surface area contributed by atoms with E-state index in [4.69, 9.17) is 16.3 Å². The van der Waals surface area contributed by atoms with E-state index < -0.39 is 6.10 Å². The molecule has 1 heterocycles. The van der Waals surface area contributed by atoms with Crippen molar-refractivity contribution in [3.05, 3.63) is 28.6 Å². The molecular formula is C15H23ClN2O2. The van der Waals surface area contributed by atoms with E-state index in [1.807, 2.05) is 0 Å². The first-order valence-electron chi connectivity index (χ1n) is 7.08. The molecule has 20 heavy (non-hydrogen) atoms. The Bertz CT molecular complexity index is 484. The summed E-state index contributed by atoms with van der Waals surface area (Å²) in [7, 11) is 1.65. The van der Waals surface area contributed by atoms with E-state index in [9.17, 15) is 5.11 Å². The van der Waals surface area contributed by atoms with Gasteiger partial charge < -0.3 is 9.84 Å². The molecule has 1 aromatic heterocycles. The zero-order valence-corrected chi connectivity index (χ0v) is 13.1. The quantitative estimate of drug-likeness (QED) is 0.849. The number of rotatable bonds is 5. The van der Waals surface area contributed by atoms with E-state index in [1.165, 1.54) is 5.57 Å². The van der Waals surface area contributed by atoms with Crippen molar-refractivity contribution >= 4 is 11.6 Å². The van der Waals surface area contributed by atoms with Crippen LogP contribution < -0.4 is 0 Å². The van der Waals surface area contributed by atoms with E-state index in [1.54, 1.807) is 18.0 Å². The molecule has 0 aliphatic heterocycles. The molecule has 0 bridgehead atoms. The van der Waals surface area contributed by atoms with Crippen LogP contribution in [-0.2, 0) is 11.3 Å². The summed E-state index contributed by atoms with van der Waals surface area (Å²) < 4.78 is 6.83. The monoisotopic (exact) mass is 298 g/mol. The highest BCUT2D eigenvalue weighted by atomic mass is 35.5. The number of hydrogen-bond acceptors (Lipinski definition) is 3. The number of aliphatic hydroxyl groups is 1. The van der Waals surface area contributed by atoms with Crippen LogP contribution in [0.3, 0.4) is 0 Å². The second kappa shape index (κ2) is 6.74. The molecule has 1 aromatic rings. The highest BCUT2D eigenvalue weighted by Crippen LogP contribution is 2.38. The lowest BCUT2D eigenvalue weighted by Crippen LogP contribution is -2.23. The van der Waals surface area contributed by atoms with Crippen molar-refractivity contribution in [2.75, 3.05) is 13.7 Å². The second-order valence-electron chi connectivity index (χ2n) is 5.73. The Kier molecular flexibility index (Phi) is 5.24. The molecule has 0 saturated heterocycles. The van der Waals surface area contributed by atoms with Gasteiger partial charge in [0, 0.05) is 7.11 Å². The SMILES string of the molecule is COCCn1ncc(Cl)c1C(O)C1CC(C)=CC(C)C1. The lowest BCUT2D eigenvalue weighted by molar-refractivity contribution is 0.0823. The summed E-state index contributed by atoms with van der Waals surface area (Å²) in [6, 6.07) is 0. The van der Waals surface area contributed by atoms with Crippen molar-refractivity contribution in [3.8, 4) is 0 Å². The summed E-state index contributed by atoms with van der Waals surface area (Å²) in [4.78, 5) is 0. The average molecular weight is 299 g/mol. The summed E-state index contributed by atoms with van der Waals surface area (Å²) in [5, 5.41) is 15.5. The number of halogens is 1. The van der Waals surface area contributed by atoms with E-state index in [0.29, 0.717) is 24.1 Å². The summed E-state index contributed by atoms with van der Waals surface area (Å²) >= 11 is 6.21. The maximum Gasteiger partial charge on any atom is 0.100 e. The van der Waals surface area contributed by atoms with Crippen molar-refractivity contribution in [2.24, 2.45) is 11.8 Å². The Morgan fingerprint density at radius 1 is 1.60 bits per heavy atom. The first-order chi connectivity index (χ1) is 9.52. The number of hydrogen-bond donors (Lipinski definition) is 1. The van der Waals surface area contributed by atoms with Crippen LogP contribution in [0.25, 0.3) is 0 Å². The fourth-order valence-electron chi connectivity index (χ4n) is 3.08. The molecule has 0 aromatic carbocycles. The second-order valence-corrected chi connectivity index (χ2v) is 6.14. The Morgan fingerprint density at radius 3 is 3.00 bits per heavy atom. The van der Waals surface area contributed by atoms with Gasteiger partial charge in [-0.05, 0) is 31.6 Å². The molecule has 0 amide bonds. The molecule has 0 saturated carbocycles. The van der Waals surface area contributed by atoms with Crippen molar-refractivity contribution < 1.29 is 9.84 Å². The summed E-state index contributed by atoms with van der Waals surface area (Å²) in [5.74, 6) is 0.697. The number of aromatic nitrogens is 2. The molecule has 5 heteroatoms. The van der Waals surface area contributed by atoms with Crippen LogP contribution in [-0.4, -0.2) is 28.6 Å². The van der Waals surface area contributed by atoms with E-state index in [-0.39, 0.29) is 5.92 Å². The van der Waals surface area contributed by atoms with Gasteiger partial charge >= 0.3 is 0 Å². The topological polar surface area (TPSA) is 47.3 Å². The fourth-order valence-corrected chi connectivity index (χ4v) is 3.33. The highest BCUT2D eigenvalue weighted by molar-refractivity contribution is 6.31. The maximum atomic E-state index is 10.7. The minimum atomic E-state index is -0.576. The molecule has 2 rings (SSSR count). The van der Waals surface area contributed by atoms with Crippen molar-refractivity contribution in [1.29, 1.82) is 0 Å². The smallest absolute Gasteiger partial charge is 0.100 e. The largest absolute Gasteiger partial charge is 0.386 e. The predicted molar refractivity (Wildman–Crippen MR) is 79.7 cm³/mol. The minimum Gasteiger partial charge on any atom is -0.386 e. The third-order valence-corrected chi connectivity index (χ3v) is 4.19. The molecule has 112 valence electrons. The van der Waals surface area contributed by atoms with Crippen molar-refractivity contribution in [1.82, 2.24) is 9.78 Å². The summed E-state index contributed by atoms with van der Waals surface area (Å²) in [5.41, 5.74) is 2.06. The van der Waals surface area contributed by atoms with Crippen LogP contribution >= 0.6 is 11.6 Å². The Labute approximate surface area is 125 Å². The van der Waals surface area contributed by atoms with Gasteiger partial charge in [0.15, 0.2) is 0 Å². The first-order valence-corrected chi connectivity index (χ1v) is 7.46. The molecule has 0 spiro atoms. The number of aliphatic hydroxyl groups excluding tert-OH is 1. The molecular weight excluding hydrogens is 276 g/mol. The third-order valence-electron chi connectivity index (χ3n) is 3.89. The van der Waals surface area contributed by atoms with Gasteiger partial charge in [0.1, 0.15) is 6.10 Å². The molecule has 4 nitrogen and oxygen atoms in total. The molecule has 1 N–H and O–H groups in total. The van der Waals surface area contributed by atoms with Crippen molar-refractivity contribution in [2.45, 2.75) is 39.3 Å². The van der Waals surface area contributed by atoms with Gasteiger partial charge in [-0.2, -0.15) is 5.10 Å². The predicted octanol–water partition coefficient (Wildman–Crippen LogP) is 3.21. The minimum absolute atomic E-state index is 0.200. The van der Waals surface area contributed by atoms with Gasteiger partial charge in [-0.25, -0.2) is 0 Å². The molecule has 0 radical (unpaired) electrons. The van der Waals surface area contributed by atoms with Gasteiger partial charge in [0.2, 0.25) is 0 Å². The van der Waals surface area contributed by atoms with Gasteiger partial charge in [-0.15, -0.1) is 0 Å². The van der Waals surface area contributed by atoms with Crippen LogP contribution in [0.2, 0.25) is 5.02 Å². The molecule has 1 aliphatic carbocycles. The number of nitrogens with zero attached hydrogens (tertiary/aromatic N) is 2. The van der Waals surface area contributed by atoms with E-state index >= 15 is 0 Å². The Morgan fingerprint density at radius 2 is 2.35 bits per heavy atom. The molecule has 3 unspecified atom stereocenters. The van der Waals surface area contributed by atoms with Crippen LogP contribution in [0, 0.1) is 11.8 Å². The standard InChI is InChI=1S/C15H23ClN2O2/c1-10-6-11(2)8-12(7-10)15(19)14-13(16)9-17-18(14)4-5-20-3/h6,9-10,12,15,19H,4-5,7-8H2,1-3H3. The summed E-state index contributed by atoms with van der Waals surface area (Å²) in [6.45, 7) is 5.47. The lowest BCUT2D eigenvalue weighted by atomic mass is 9.80.